The highest BCUT2D eigenvalue weighted by Crippen LogP contribution is 2.08. The third kappa shape index (κ3) is 9.27. The van der Waals surface area contributed by atoms with Crippen LogP contribution in [0.5, 0.6) is 11.5 Å². The van der Waals surface area contributed by atoms with Gasteiger partial charge in [-0.3, -0.25) is 0 Å². The van der Waals surface area contributed by atoms with Gasteiger partial charge in [0.05, 0.1) is 0 Å². The van der Waals surface area contributed by atoms with E-state index < -0.39 is 11.9 Å². The van der Waals surface area contributed by atoms with E-state index in [9.17, 15) is 9.59 Å². The molecule has 0 radical (unpaired) electrons. The van der Waals surface area contributed by atoms with Gasteiger partial charge in [0, 0.05) is 0 Å². The van der Waals surface area contributed by atoms with E-state index >= 15 is 0 Å². The van der Waals surface area contributed by atoms with Crippen molar-refractivity contribution in [1.82, 2.24) is 0 Å². The van der Waals surface area contributed by atoms with Gasteiger partial charge in [0.1, 0.15) is 51.1 Å². The molecule has 0 N–H and O–H groups in total. The van der Waals surface area contributed by atoms with Crippen LogP contribution in [0, 0.1) is 0 Å². The van der Waals surface area contributed by atoms with Gasteiger partial charge in [-0.05, 0) is 24.3 Å². The third-order valence-electron chi connectivity index (χ3n) is 3.16. The summed E-state index contributed by atoms with van der Waals surface area (Å²) in [6.07, 6.45) is 0. The molecule has 7 heteroatoms. The van der Waals surface area contributed by atoms with Gasteiger partial charge in [0.2, 0.25) is 0 Å². The lowest BCUT2D eigenvalue weighted by Gasteiger charge is -2.08. The lowest BCUT2D eigenvalue weighted by Crippen LogP contribution is -2.21. The zero-order valence-corrected chi connectivity index (χ0v) is 14.9. The van der Waals surface area contributed by atoms with Crippen molar-refractivity contribution in [3.05, 3.63) is 60.7 Å². The summed E-state index contributed by atoms with van der Waals surface area (Å²) in [7, 11) is 0. The van der Waals surface area contributed by atoms with Crippen LogP contribution < -0.4 is 9.47 Å². The molecule has 0 aromatic heterocycles. The van der Waals surface area contributed by atoms with Gasteiger partial charge in [-0.1, -0.05) is 36.4 Å². The van der Waals surface area contributed by atoms with Gasteiger partial charge in [-0.15, -0.1) is 0 Å². The summed E-state index contributed by atoms with van der Waals surface area (Å²) in [6, 6.07) is 18.4. The molecule has 2 aromatic carbocycles. The molecule has 0 aliphatic carbocycles. The minimum atomic E-state index is -0.577. The van der Waals surface area contributed by atoms with Crippen LogP contribution in [0.4, 0.5) is 0 Å². The monoisotopic (exact) mass is 374 g/mol. The van der Waals surface area contributed by atoms with Crippen molar-refractivity contribution >= 4 is 11.9 Å². The van der Waals surface area contributed by atoms with Gasteiger partial charge in [0.25, 0.3) is 0 Å². The number of hydrogen-bond acceptors (Lipinski definition) is 7. The van der Waals surface area contributed by atoms with Crippen molar-refractivity contribution in [3.8, 4) is 11.5 Å². The Kier molecular flexibility index (Phi) is 9.24. The van der Waals surface area contributed by atoms with Crippen molar-refractivity contribution in [2.24, 2.45) is 0 Å². The Bertz CT molecular complexity index is 614. The van der Waals surface area contributed by atoms with Crippen LogP contribution >= 0.6 is 0 Å². The Balaban J connectivity index is 1.44. The van der Waals surface area contributed by atoms with Gasteiger partial charge in [-0.25, -0.2) is 9.59 Å². The number of ether oxygens (including phenoxy) is 5. The summed E-state index contributed by atoms with van der Waals surface area (Å²) in [5.41, 5.74) is 0. The van der Waals surface area contributed by atoms with Crippen LogP contribution in [0.15, 0.2) is 60.7 Å². The molecule has 0 bridgehead atoms. The van der Waals surface area contributed by atoms with Crippen molar-refractivity contribution in [2.45, 2.75) is 0 Å². The minimum absolute atomic E-state index is 0.0956. The quantitative estimate of drug-likeness (QED) is 0.416. The molecule has 0 fully saturated rings. The van der Waals surface area contributed by atoms with E-state index in [2.05, 4.69) is 0 Å². The van der Waals surface area contributed by atoms with E-state index in [1.807, 2.05) is 36.4 Å². The Morgan fingerprint density at radius 3 is 1.41 bits per heavy atom. The van der Waals surface area contributed by atoms with Crippen LogP contribution in [-0.2, 0) is 23.8 Å². The molecule has 0 aliphatic heterocycles. The molecule has 0 saturated heterocycles. The van der Waals surface area contributed by atoms with Crippen LogP contribution in [-0.4, -0.2) is 51.6 Å². The number of carbonyl (C=O) groups is 2. The highest BCUT2D eigenvalue weighted by Gasteiger charge is 2.07. The molecule has 7 nitrogen and oxygen atoms in total. The van der Waals surface area contributed by atoms with Gasteiger partial charge < -0.3 is 23.7 Å². The Morgan fingerprint density at radius 1 is 0.593 bits per heavy atom. The van der Waals surface area contributed by atoms with E-state index in [4.69, 9.17) is 23.7 Å². The fraction of sp³-hybridized carbons (Fsp3) is 0.300. The molecule has 0 atom stereocenters. The molecule has 0 heterocycles. The molecule has 144 valence electrons. The number of hydrogen-bond donors (Lipinski definition) is 0. The summed E-state index contributed by atoms with van der Waals surface area (Å²) in [5.74, 6) is 0.242. The number of esters is 2. The number of carbonyl (C=O) groups excluding carboxylic acids is 2. The highest BCUT2D eigenvalue weighted by atomic mass is 16.6. The summed E-state index contributed by atoms with van der Waals surface area (Å²) in [5, 5.41) is 0. The average molecular weight is 374 g/mol. The first-order chi connectivity index (χ1) is 13.2. The Labute approximate surface area is 157 Å². The first-order valence-corrected chi connectivity index (χ1v) is 8.49. The zero-order chi connectivity index (χ0) is 19.2. The van der Waals surface area contributed by atoms with E-state index in [-0.39, 0.29) is 39.6 Å². The largest absolute Gasteiger partial charge is 0.490 e. The van der Waals surface area contributed by atoms with Crippen LogP contribution in [0.2, 0.25) is 0 Å². The van der Waals surface area contributed by atoms with Crippen LogP contribution in [0.3, 0.4) is 0 Å². The van der Waals surface area contributed by atoms with Gasteiger partial charge >= 0.3 is 11.9 Å². The Morgan fingerprint density at radius 2 is 1.00 bits per heavy atom. The maximum absolute atomic E-state index is 11.5. The fourth-order valence-corrected chi connectivity index (χ4v) is 1.96. The third-order valence-corrected chi connectivity index (χ3v) is 3.16. The summed E-state index contributed by atoms with van der Waals surface area (Å²) in [6.45, 7) is -0.00294. The predicted molar refractivity (Wildman–Crippen MR) is 96.6 cm³/mol. The second-order valence-corrected chi connectivity index (χ2v) is 5.26. The predicted octanol–water partition coefficient (Wildman–Crippen LogP) is 2.25. The maximum atomic E-state index is 11.5. The second kappa shape index (κ2) is 12.3. The highest BCUT2D eigenvalue weighted by molar-refractivity contribution is 5.73. The summed E-state index contributed by atoms with van der Waals surface area (Å²) < 4.78 is 25.6. The molecule has 0 unspecified atom stereocenters. The van der Waals surface area contributed by atoms with Crippen molar-refractivity contribution in [2.75, 3.05) is 39.6 Å². The molecule has 0 saturated carbocycles. The van der Waals surface area contributed by atoms with Crippen molar-refractivity contribution < 1.29 is 33.3 Å². The molecule has 0 amide bonds. The van der Waals surface area contributed by atoms with Crippen LogP contribution in [0.1, 0.15) is 0 Å². The maximum Gasteiger partial charge on any atom is 0.332 e. The zero-order valence-electron chi connectivity index (χ0n) is 14.9. The summed E-state index contributed by atoms with van der Waals surface area (Å²) in [4.78, 5) is 23.0. The minimum Gasteiger partial charge on any atom is -0.490 e. The number of benzene rings is 2. The van der Waals surface area contributed by atoms with Crippen molar-refractivity contribution in [3.63, 3.8) is 0 Å². The lowest BCUT2D eigenvalue weighted by molar-refractivity contribution is -0.156. The number of para-hydroxylation sites is 2. The van der Waals surface area contributed by atoms with Crippen LogP contribution in [0.25, 0.3) is 0 Å². The number of rotatable bonds is 12. The summed E-state index contributed by atoms with van der Waals surface area (Å²) >= 11 is 0. The van der Waals surface area contributed by atoms with E-state index in [1.165, 1.54) is 0 Å². The second-order valence-electron chi connectivity index (χ2n) is 5.26. The molecule has 27 heavy (non-hydrogen) atoms. The molecule has 2 rings (SSSR count). The SMILES string of the molecule is O=C(COCC(=O)OCCOc1ccccc1)OCCOc1ccccc1. The Hall–Kier alpha value is -3.06. The smallest absolute Gasteiger partial charge is 0.332 e. The van der Waals surface area contributed by atoms with Crippen molar-refractivity contribution in [1.29, 1.82) is 0 Å². The first kappa shape index (κ1) is 20.3. The fourth-order valence-electron chi connectivity index (χ4n) is 1.96. The molecule has 0 spiro atoms. The van der Waals surface area contributed by atoms with Gasteiger partial charge in [-0.2, -0.15) is 0 Å². The molecular weight excluding hydrogens is 352 g/mol. The standard InChI is InChI=1S/C20H22O7/c21-19(26-13-11-24-17-7-3-1-4-8-17)15-23-16-20(22)27-14-12-25-18-9-5-2-6-10-18/h1-10H,11-16H2. The lowest BCUT2D eigenvalue weighted by atomic mass is 10.3. The van der Waals surface area contributed by atoms with E-state index in [0.717, 1.165) is 0 Å². The molecule has 0 aliphatic rings. The van der Waals surface area contributed by atoms with Gasteiger partial charge in [0.15, 0.2) is 0 Å². The molecular formula is C20H22O7. The average Bonchev–Trinajstić information content (AvgIpc) is 2.70. The topological polar surface area (TPSA) is 80.3 Å². The normalized spacial score (nSPS) is 10.1. The molecule has 2 aromatic rings. The van der Waals surface area contributed by atoms with E-state index in [0.29, 0.717) is 11.5 Å². The first-order valence-electron chi connectivity index (χ1n) is 8.49. The van der Waals surface area contributed by atoms with E-state index in [1.54, 1.807) is 24.3 Å².